The molecule has 1 amide bonds. The van der Waals surface area contributed by atoms with E-state index >= 15 is 0 Å². The highest BCUT2D eigenvalue weighted by molar-refractivity contribution is 7.99. The summed E-state index contributed by atoms with van der Waals surface area (Å²) in [5, 5.41) is 8.57. The van der Waals surface area contributed by atoms with Crippen molar-refractivity contribution >= 4 is 36.4 Å². The van der Waals surface area contributed by atoms with Gasteiger partial charge in [-0.1, -0.05) is 39.5 Å². The molecule has 0 aliphatic carbocycles. The van der Waals surface area contributed by atoms with Crippen molar-refractivity contribution in [2.75, 3.05) is 20.1 Å². The van der Waals surface area contributed by atoms with Gasteiger partial charge in [-0.25, -0.2) is 0 Å². The number of carbonyl (C=O) groups is 2. The molecule has 2 heterocycles. The van der Waals surface area contributed by atoms with E-state index < -0.39 is 6.04 Å². The molecule has 0 radical (unpaired) electrons. The topological polar surface area (TPSA) is 79.5 Å². The molecule has 1 aliphatic rings. The molecular weight excluding hydrogens is 388 g/mol. The first-order valence-electron chi connectivity index (χ1n) is 9.27. The third-order valence-corrected chi connectivity index (χ3v) is 5.38. The van der Waals surface area contributed by atoms with Crippen LogP contribution >= 0.6 is 24.2 Å². The molecule has 0 spiro atoms. The number of hydrogen-bond donors (Lipinski definition) is 0. The Morgan fingerprint density at radius 2 is 1.93 bits per heavy atom. The summed E-state index contributed by atoms with van der Waals surface area (Å²) in [5.74, 6) is 0.0107. The average Bonchev–Trinajstić information content (AvgIpc) is 3.03. The quantitative estimate of drug-likeness (QED) is 0.346. The van der Waals surface area contributed by atoms with Gasteiger partial charge in [-0.3, -0.25) is 9.59 Å². The van der Waals surface area contributed by atoms with Gasteiger partial charge in [-0.15, -0.1) is 22.6 Å². The van der Waals surface area contributed by atoms with Gasteiger partial charge in [-0.2, -0.15) is 0 Å². The maximum atomic E-state index is 13.1. The first-order chi connectivity index (χ1) is 12.3. The van der Waals surface area contributed by atoms with Gasteiger partial charge in [0.15, 0.2) is 0 Å². The Balaban J connectivity index is 0.00000364. The van der Waals surface area contributed by atoms with Crippen LogP contribution in [0, 0.1) is 5.92 Å². The molecular formula is C18H31ClN4O3S. The zero-order valence-corrected chi connectivity index (χ0v) is 18.4. The van der Waals surface area contributed by atoms with Gasteiger partial charge in [0, 0.05) is 11.3 Å². The molecule has 2 rings (SSSR count). The minimum atomic E-state index is -0.557. The van der Waals surface area contributed by atoms with Gasteiger partial charge in [0.25, 0.3) is 11.1 Å². The molecule has 1 saturated heterocycles. The summed E-state index contributed by atoms with van der Waals surface area (Å²) < 4.78 is 5.56. The zero-order valence-electron chi connectivity index (χ0n) is 16.8. The van der Waals surface area contributed by atoms with Gasteiger partial charge in [-0.05, 0) is 45.3 Å². The van der Waals surface area contributed by atoms with Crippen LogP contribution in [0.25, 0.3) is 0 Å². The molecule has 0 bridgehead atoms. The second-order valence-corrected chi connectivity index (χ2v) is 9.16. The van der Waals surface area contributed by atoms with Crippen LogP contribution < -0.4 is 0 Å². The molecule has 7 nitrogen and oxygen atoms in total. The molecule has 1 fully saturated rings. The molecule has 154 valence electrons. The van der Waals surface area contributed by atoms with Crippen molar-refractivity contribution in [3.8, 4) is 0 Å². The summed E-state index contributed by atoms with van der Waals surface area (Å²) in [4.78, 5) is 28.9. The van der Waals surface area contributed by atoms with E-state index in [1.807, 2.05) is 27.7 Å². The van der Waals surface area contributed by atoms with Crippen LogP contribution in [0.1, 0.15) is 57.6 Å². The Labute approximate surface area is 172 Å². The molecule has 1 aliphatic heterocycles. The molecule has 27 heavy (non-hydrogen) atoms. The number of aromatic nitrogens is 2. The van der Waals surface area contributed by atoms with Crippen molar-refractivity contribution in [3.63, 3.8) is 0 Å². The number of hydrogen-bond acceptors (Lipinski definition) is 7. The Bertz CT molecular complexity index is 603. The number of Topliss-reactive ketones (excluding diaryl/α,β-unsaturated/α-hetero) is 1. The van der Waals surface area contributed by atoms with Gasteiger partial charge in [0.1, 0.15) is 6.04 Å². The van der Waals surface area contributed by atoms with Gasteiger partial charge in [0.2, 0.25) is 12.2 Å². The van der Waals surface area contributed by atoms with Crippen LogP contribution in [-0.2, 0) is 4.79 Å². The fraction of sp³-hybridized carbons (Fsp3) is 0.778. The van der Waals surface area contributed by atoms with E-state index in [0.29, 0.717) is 11.6 Å². The maximum absolute atomic E-state index is 13.1. The van der Waals surface area contributed by atoms with Crippen LogP contribution in [0.15, 0.2) is 9.64 Å². The first kappa shape index (κ1) is 23.9. The van der Waals surface area contributed by atoms with Crippen molar-refractivity contribution in [2.45, 2.75) is 69.5 Å². The molecule has 1 aromatic heterocycles. The molecule has 1 unspecified atom stereocenters. The van der Waals surface area contributed by atoms with E-state index in [2.05, 4.69) is 22.1 Å². The number of halogens is 1. The van der Waals surface area contributed by atoms with Gasteiger partial charge < -0.3 is 14.2 Å². The fourth-order valence-corrected chi connectivity index (χ4v) is 3.84. The summed E-state index contributed by atoms with van der Waals surface area (Å²) in [5.41, 5.74) is 0. The lowest BCUT2D eigenvalue weighted by molar-refractivity contribution is -0.123. The van der Waals surface area contributed by atoms with Crippen molar-refractivity contribution in [2.24, 2.45) is 5.92 Å². The van der Waals surface area contributed by atoms with E-state index in [-0.39, 0.29) is 41.3 Å². The minimum Gasteiger partial charge on any atom is -0.408 e. The number of likely N-dealkylation sites (tertiary alicyclic amines) is 1. The smallest absolute Gasteiger partial charge is 0.286 e. The van der Waals surface area contributed by atoms with Crippen molar-refractivity contribution in [1.29, 1.82) is 0 Å². The number of ketones is 1. The van der Waals surface area contributed by atoms with E-state index in [0.717, 1.165) is 32.3 Å². The maximum Gasteiger partial charge on any atom is 0.286 e. The number of piperidine rings is 1. The standard InChI is InChI=1S/C18H30N4O3S.ClH/c1-12(2)10-15(22(11-23)14-6-8-21(5)9-7-14)16(24)17-19-20-18(25-17)26-13(3)4;/h11-15H,6-10H2,1-5H3;1H. The van der Waals surface area contributed by atoms with Crippen molar-refractivity contribution < 1.29 is 14.0 Å². The van der Waals surface area contributed by atoms with Crippen LogP contribution in [0.3, 0.4) is 0 Å². The number of thioether (sulfide) groups is 1. The Kier molecular flexibility index (Phi) is 9.76. The molecule has 0 N–H and O–H groups in total. The van der Waals surface area contributed by atoms with Crippen LogP contribution in [-0.4, -0.2) is 69.7 Å². The lowest BCUT2D eigenvalue weighted by atomic mass is 9.95. The molecule has 9 heteroatoms. The van der Waals surface area contributed by atoms with Gasteiger partial charge in [0.05, 0.1) is 0 Å². The number of amides is 1. The Morgan fingerprint density at radius 1 is 1.30 bits per heavy atom. The summed E-state index contributed by atoms with van der Waals surface area (Å²) in [6, 6.07) is -0.484. The van der Waals surface area contributed by atoms with E-state index in [4.69, 9.17) is 4.42 Å². The summed E-state index contributed by atoms with van der Waals surface area (Å²) >= 11 is 1.42. The van der Waals surface area contributed by atoms with E-state index in [9.17, 15) is 9.59 Å². The second-order valence-electron chi connectivity index (χ2n) is 7.64. The van der Waals surface area contributed by atoms with Crippen molar-refractivity contribution in [3.05, 3.63) is 5.89 Å². The summed E-state index contributed by atoms with van der Waals surface area (Å²) in [6.45, 7) is 9.98. The SMILES string of the molecule is CC(C)CC(C(=O)c1nnc(SC(C)C)o1)N(C=O)C1CCN(C)CC1.Cl. The molecule has 0 aromatic carbocycles. The Hall–Kier alpha value is -1.12. The highest BCUT2D eigenvalue weighted by Gasteiger charge is 2.35. The third kappa shape index (κ3) is 6.76. The predicted molar refractivity (Wildman–Crippen MR) is 109 cm³/mol. The fourth-order valence-electron chi connectivity index (χ4n) is 3.22. The van der Waals surface area contributed by atoms with Crippen molar-refractivity contribution in [1.82, 2.24) is 20.0 Å². The first-order valence-corrected chi connectivity index (χ1v) is 10.2. The van der Waals surface area contributed by atoms with E-state index in [1.165, 1.54) is 11.8 Å². The van der Waals surface area contributed by atoms with Crippen LogP contribution in [0.5, 0.6) is 0 Å². The molecule has 1 atom stereocenters. The number of rotatable bonds is 9. The van der Waals surface area contributed by atoms with Crippen LogP contribution in [0.4, 0.5) is 0 Å². The normalized spacial score (nSPS) is 17.0. The predicted octanol–water partition coefficient (Wildman–Crippen LogP) is 3.14. The third-order valence-electron chi connectivity index (χ3n) is 4.54. The number of carbonyl (C=O) groups excluding carboxylic acids is 2. The van der Waals surface area contributed by atoms with Gasteiger partial charge >= 0.3 is 0 Å². The minimum absolute atomic E-state index is 0. The molecule has 0 saturated carbocycles. The Morgan fingerprint density at radius 3 is 2.44 bits per heavy atom. The van der Waals surface area contributed by atoms with E-state index in [1.54, 1.807) is 4.90 Å². The lowest BCUT2D eigenvalue weighted by Gasteiger charge is -2.39. The monoisotopic (exact) mass is 418 g/mol. The highest BCUT2D eigenvalue weighted by Crippen LogP contribution is 2.25. The highest BCUT2D eigenvalue weighted by atomic mass is 35.5. The largest absolute Gasteiger partial charge is 0.408 e. The average molecular weight is 419 g/mol. The van der Waals surface area contributed by atoms with Crippen LogP contribution in [0.2, 0.25) is 0 Å². The second kappa shape index (κ2) is 11.0. The lowest BCUT2D eigenvalue weighted by Crippen LogP contribution is -2.51. The summed E-state index contributed by atoms with van der Waals surface area (Å²) in [7, 11) is 2.07. The number of nitrogens with zero attached hydrogens (tertiary/aromatic N) is 4. The molecule has 1 aromatic rings. The zero-order chi connectivity index (χ0) is 19.3. The summed E-state index contributed by atoms with van der Waals surface area (Å²) in [6.07, 6.45) is 3.14.